The number of amides is 1. The molecule has 7 nitrogen and oxygen atoms in total. The Bertz CT molecular complexity index is 1220. The van der Waals surface area contributed by atoms with Gasteiger partial charge in [-0.1, -0.05) is 29.3 Å². The molecule has 2 N–H and O–H groups in total. The number of hydrogen-bond donors (Lipinski definition) is 2. The molecular weight excluding hydrogens is 475 g/mol. The zero-order valence-electron chi connectivity index (χ0n) is 17.1. The number of nitrogens with one attached hydrogen (secondary N) is 2. The summed E-state index contributed by atoms with van der Waals surface area (Å²) in [6, 6.07) is 17.0. The quantitative estimate of drug-likeness (QED) is 0.448. The lowest BCUT2D eigenvalue weighted by atomic mass is 10.3. The molecule has 0 heterocycles. The second-order valence-electron chi connectivity index (χ2n) is 6.68. The van der Waals surface area contributed by atoms with Crippen molar-refractivity contribution >= 4 is 50.5 Å². The van der Waals surface area contributed by atoms with Crippen molar-refractivity contribution in [3.63, 3.8) is 0 Å². The van der Waals surface area contributed by atoms with Crippen LogP contribution in [-0.2, 0) is 14.8 Å². The Labute approximate surface area is 196 Å². The van der Waals surface area contributed by atoms with E-state index in [4.69, 9.17) is 32.7 Å². The van der Waals surface area contributed by atoms with E-state index in [-0.39, 0.29) is 15.6 Å². The number of carbonyl (C=O) groups excluding carboxylic acids is 1. The minimum Gasteiger partial charge on any atom is -0.497 e. The number of methoxy groups -OCH3 is 1. The van der Waals surface area contributed by atoms with E-state index >= 15 is 0 Å². The summed E-state index contributed by atoms with van der Waals surface area (Å²) in [6.07, 6.45) is -0.792. The normalized spacial score (nSPS) is 12.0. The molecule has 0 saturated carbocycles. The second kappa shape index (κ2) is 10.1. The first-order valence-electron chi connectivity index (χ1n) is 9.37. The lowest BCUT2D eigenvalue weighted by molar-refractivity contribution is -0.122. The maximum Gasteiger partial charge on any atom is 0.265 e. The summed E-state index contributed by atoms with van der Waals surface area (Å²) in [5, 5.41) is 3.26. The molecule has 0 aliphatic heterocycles. The number of benzene rings is 3. The molecule has 1 amide bonds. The van der Waals surface area contributed by atoms with E-state index in [0.29, 0.717) is 22.2 Å². The van der Waals surface area contributed by atoms with Crippen molar-refractivity contribution in [1.82, 2.24) is 0 Å². The van der Waals surface area contributed by atoms with Crippen LogP contribution in [0.1, 0.15) is 6.92 Å². The van der Waals surface area contributed by atoms with Crippen molar-refractivity contribution in [3.05, 3.63) is 76.8 Å². The summed E-state index contributed by atoms with van der Waals surface area (Å²) in [4.78, 5) is 12.4. The molecule has 0 fully saturated rings. The van der Waals surface area contributed by atoms with Crippen LogP contribution in [0.15, 0.2) is 71.6 Å². The number of carbonyl (C=O) groups is 1. The van der Waals surface area contributed by atoms with Gasteiger partial charge in [-0.15, -0.1) is 0 Å². The van der Waals surface area contributed by atoms with E-state index in [1.807, 2.05) is 0 Å². The smallest absolute Gasteiger partial charge is 0.265 e. The molecule has 10 heteroatoms. The van der Waals surface area contributed by atoms with E-state index in [1.165, 1.54) is 42.5 Å². The largest absolute Gasteiger partial charge is 0.497 e. The Kier molecular flexibility index (Phi) is 7.50. The van der Waals surface area contributed by atoms with Crippen LogP contribution in [0.2, 0.25) is 10.0 Å². The standard InChI is InChI=1S/C22H20Cl2N2O5S/c1-14(31-18-5-3-4-17(13-18)30-2)22(27)25-16-7-9-19(10-8-16)32(28,29)26-21-11-6-15(23)12-20(21)24/h3-14,26H,1-2H3,(H,25,27)/t14-/m0/s1. The SMILES string of the molecule is COc1cccc(O[C@@H](C)C(=O)Nc2ccc(S(=O)(=O)Nc3ccc(Cl)cc3Cl)cc2)c1. The Morgan fingerprint density at radius 3 is 2.31 bits per heavy atom. The first-order valence-corrected chi connectivity index (χ1v) is 11.6. The fourth-order valence-corrected chi connectivity index (χ4v) is 4.26. The van der Waals surface area contributed by atoms with Gasteiger partial charge in [-0.3, -0.25) is 9.52 Å². The molecule has 0 aliphatic carbocycles. The maximum absolute atomic E-state index is 12.6. The lowest BCUT2D eigenvalue weighted by Gasteiger charge is -2.15. The molecular formula is C22H20Cl2N2O5S. The molecule has 3 rings (SSSR count). The van der Waals surface area contributed by atoms with E-state index in [1.54, 1.807) is 38.3 Å². The van der Waals surface area contributed by atoms with E-state index in [9.17, 15) is 13.2 Å². The summed E-state index contributed by atoms with van der Waals surface area (Å²) >= 11 is 11.9. The Hall–Kier alpha value is -2.94. The predicted molar refractivity (Wildman–Crippen MR) is 125 cm³/mol. The molecule has 168 valence electrons. The average Bonchev–Trinajstić information content (AvgIpc) is 2.76. The molecule has 0 bridgehead atoms. The number of ether oxygens (including phenoxy) is 2. The zero-order valence-corrected chi connectivity index (χ0v) is 19.5. The molecule has 0 aromatic heterocycles. The maximum atomic E-state index is 12.6. The van der Waals surface area contributed by atoms with E-state index in [2.05, 4.69) is 10.0 Å². The summed E-state index contributed by atoms with van der Waals surface area (Å²) < 4.78 is 38.4. The van der Waals surface area contributed by atoms with Crippen LogP contribution in [-0.4, -0.2) is 27.5 Å². The highest BCUT2D eigenvalue weighted by atomic mass is 35.5. The minimum atomic E-state index is -3.88. The van der Waals surface area contributed by atoms with Crippen molar-refractivity contribution in [2.45, 2.75) is 17.9 Å². The van der Waals surface area contributed by atoms with Gasteiger partial charge in [0, 0.05) is 16.8 Å². The van der Waals surface area contributed by atoms with Crippen LogP contribution >= 0.6 is 23.2 Å². The summed E-state index contributed by atoms with van der Waals surface area (Å²) in [5.74, 6) is 0.704. The number of anilines is 2. The summed E-state index contributed by atoms with van der Waals surface area (Å²) in [6.45, 7) is 1.60. The van der Waals surface area contributed by atoms with Gasteiger partial charge in [0.25, 0.3) is 15.9 Å². The molecule has 0 radical (unpaired) electrons. The van der Waals surface area contributed by atoms with Gasteiger partial charge in [-0.2, -0.15) is 0 Å². The van der Waals surface area contributed by atoms with Gasteiger partial charge >= 0.3 is 0 Å². The topological polar surface area (TPSA) is 93.7 Å². The minimum absolute atomic E-state index is 0.00203. The Balaban J connectivity index is 1.64. The van der Waals surface area contributed by atoms with Gasteiger partial charge in [-0.25, -0.2) is 8.42 Å². The highest BCUT2D eigenvalue weighted by Gasteiger charge is 2.18. The fourth-order valence-electron chi connectivity index (χ4n) is 2.67. The zero-order chi connectivity index (χ0) is 23.3. The number of rotatable bonds is 8. The van der Waals surface area contributed by atoms with Gasteiger partial charge in [0.05, 0.1) is 22.7 Å². The summed E-state index contributed by atoms with van der Waals surface area (Å²) in [5.41, 5.74) is 0.622. The van der Waals surface area contributed by atoms with Crippen molar-refractivity contribution in [2.24, 2.45) is 0 Å². The third kappa shape index (κ3) is 6.06. The van der Waals surface area contributed by atoms with Crippen molar-refractivity contribution in [3.8, 4) is 11.5 Å². The van der Waals surface area contributed by atoms with Gasteiger partial charge < -0.3 is 14.8 Å². The predicted octanol–water partition coefficient (Wildman–Crippen LogP) is 5.21. The molecule has 32 heavy (non-hydrogen) atoms. The first kappa shape index (κ1) is 23.7. The fraction of sp³-hybridized carbons (Fsp3) is 0.136. The number of hydrogen-bond acceptors (Lipinski definition) is 5. The van der Waals surface area contributed by atoms with E-state index in [0.717, 1.165) is 0 Å². The summed E-state index contributed by atoms with van der Waals surface area (Å²) in [7, 11) is -2.34. The Morgan fingerprint density at radius 1 is 0.969 bits per heavy atom. The van der Waals surface area contributed by atoms with Crippen molar-refractivity contribution in [2.75, 3.05) is 17.1 Å². The second-order valence-corrected chi connectivity index (χ2v) is 9.21. The number of sulfonamides is 1. The first-order chi connectivity index (χ1) is 15.2. The molecule has 0 unspecified atom stereocenters. The van der Waals surface area contributed by atoms with Crippen LogP contribution in [0.4, 0.5) is 11.4 Å². The van der Waals surface area contributed by atoms with E-state index < -0.39 is 22.0 Å². The third-order valence-corrected chi connectivity index (χ3v) is 6.26. The average molecular weight is 495 g/mol. The van der Waals surface area contributed by atoms with Crippen molar-refractivity contribution in [1.29, 1.82) is 0 Å². The third-order valence-electron chi connectivity index (χ3n) is 4.33. The molecule has 3 aromatic rings. The van der Waals surface area contributed by atoms with Gasteiger partial charge in [0.1, 0.15) is 11.5 Å². The molecule has 0 aliphatic rings. The molecule has 1 atom stereocenters. The van der Waals surface area contributed by atoms with Crippen LogP contribution in [0.25, 0.3) is 0 Å². The monoisotopic (exact) mass is 494 g/mol. The van der Waals surface area contributed by atoms with Gasteiger partial charge in [0.2, 0.25) is 0 Å². The molecule has 3 aromatic carbocycles. The lowest BCUT2D eigenvalue weighted by Crippen LogP contribution is -2.30. The highest BCUT2D eigenvalue weighted by molar-refractivity contribution is 7.92. The van der Waals surface area contributed by atoms with Gasteiger partial charge in [-0.05, 0) is 61.5 Å². The van der Waals surface area contributed by atoms with Crippen LogP contribution in [0.3, 0.4) is 0 Å². The van der Waals surface area contributed by atoms with Crippen LogP contribution in [0.5, 0.6) is 11.5 Å². The Morgan fingerprint density at radius 2 is 1.66 bits per heavy atom. The highest BCUT2D eigenvalue weighted by Crippen LogP contribution is 2.28. The molecule has 0 saturated heterocycles. The molecule has 0 spiro atoms. The van der Waals surface area contributed by atoms with Crippen molar-refractivity contribution < 1.29 is 22.7 Å². The number of halogens is 2. The van der Waals surface area contributed by atoms with Gasteiger partial charge in [0.15, 0.2) is 6.10 Å². The van der Waals surface area contributed by atoms with Crippen LogP contribution in [0, 0.1) is 0 Å². The van der Waals surface area contributed by atoms with Crippen LogP contribution < -0.4 is 19.5 Å².